The molecule has 9 heteroatoms. The fourth-order valence-corrected chi connectivity index (χ4v) is 3.74. The number of hydrogen-bond donors (Lipinski definition) is 1. The van der Waals surface area contributed by atoms with Crippen LogP contribution >= 0.6 is 0 Å². The Bertz CT molecular complexity index is 855. The molecule has 26 heavy (non-hydrogen) atoms. The summed E-state index contributed by atoms with van der Waals surface area (Å²) in [7, 11) is -1.49. The zero-order valence-corrected chi connectivity index (χ0v) is 15.9. The first-order valence-corrected chi connectivity index (χ1v) is 9.79. The zero-order valence-electron chi connectivity index (χ0n) is 15.1. The molecular weight excluding hydrogens is 352 g/mol. The molecule has 0 aromatic heterocycles. The van der Waals surface area contributed by atoms with E-state index in [1.807, 2.05) is 0 Å². The van der Waals surface area contributed by atoms with E-state index in [9.17, 15) is 8.42 Å². The van der Waals surface area contributed by atoms with E-state index >= 15 is 0 Å². The highest BCUT2D eigenvalue weighted by Crippen LogP contribution is 2.30. The van der Waals surface area contributed by atoms with Gasteiger partial charge in [-0.2, -0.15) is 15.6 Å². The molecule has 2 rings (SSSR count). The number of nitrogens with one attached hydrogen (secondary N) is 1. The van der Waals surface area contributed by atoms with E-state index < -0.39 is 15.1 Å². The van der Waals surface area contributed by atoms with Gasteiger partial charge in [-0.25, -0.2) is 8.42 Å². The number of anilines is 2. The summed E-state index contributed by atoms with van der Waals surface area (Å²) in [5.41, 5.74) is 3.35. The van der Waals surface area contributed by atoms with Gasteiger partial charge in [0.1, 0.15) is 12.1 Å². The van der Waals surface area contributed by atoms with Gasteiger partial charge < -0.3 is 9.80 Å². The maximum Gasteiger partial charge on any atom is 0.237 e. The van der Waals surface area contributed by atoms with Gasteiger partial charge in [0, 0.05) is 31.9 Å². The highest BCUT2D eigenvalue weighted by molar-refractivity contribution is 7.92. The second-order valence-electron chi connectivity index (χ2n) is 6.36. The first-order valence-electron chi connectivity index (χ1n) is 8.25. The van der Waals surface area contributed by atoms with Crippen LogP contribution in [0, 0.1) is 22.7 Å². The van der Waals surface area contributed by atoms with Crippen molar-refractivity contribution in [2.75, 3.05) is 43.6 Å². The number of hydrogen-bond acceptors (Lipinski definition) is 8. The quantitative estimate of drug-likeness (QED) is 0.613. The van der Waals surface area contributed by atoms with Crippen molar-refractivity contribution in [3.63, 3.8) is 0 Å². The smallest absolute Gasteiger partial charge is 0.237 e. The second kappa shape index (κ2) is 8.17. The molecule has 8 nitrogen and oxygen atoms in total. The Morgan fingerprint density at radius 3 is 2.35 bits per heavy atom. The van der Waals surface area contributed by atoms with E-state index in [-0.39, 0.29) is 16.3 Å². The molecule has 0 spiro atoms. The van der Waals surface area contributed by atoms with Gasteiger partial charge in [0.15, 0.2) is 9.84 Å². The maximum atomic E-state index is 12.6. The molecule has 138 valence electrons. The largest absolute Gasteiger partial charge is 0.369 e. The van der Waals surface area contributed by atoms with Crippen LogP contribution in [0.25, 0.3) is 0 Å². The van der Waals surface area contributed by atoms with E-state index in [1.165, 1.54) is 0 Å². The van der Waals surface area contributed by atoms with Gasteiger partial charge in [-0.15, -0.1) is 0 Å². The second-order valence-corrected chi connectivity index (χ2v) is 8.83. The minimum Gasteiger partial charge on any atom is -0.369 e. The lowest BCUT2D eigenvalue weighted by atomic mass is 10.2. The van der Waals surface area contributed by atoms with Gasteiger partial charge in [0.25, 0.3) is 0 Å². The summed E-state index contributed by atoms with van der Waals surface area (Å²) < 4.78 is 25.3. The number of sulfone groups is 1. The number of likely N-dealkylation sites (N-methyl/N-ethyl adjacent to an activating group) is 1. The van der Waals surface area contributed by atoms with E-state index in [4.69, 9.17) is 10.5 Å². The van der Waals surface area contributed by atoms with Crippen LogP contribution in [0.5, 0.6) is 0 Å². The predicted octanol–water partition coefficient (Wildman–Crippen LogP) is 1.44. The standard InChI is InChI=1S/C17H22N6O2S/c1-13(2)26(24,25)17-5-4-15(23-8-6-22(3)7-9-23)10-16(17)21-20-14(11-18)12-19/h4-5,10,13,21H,6-9H2,1-3H3. The lowest BCUT2D eigenvalue weighted by Crippen LogP contribution is -2.44. The van der Waals surface area contributed by atoms with Crippen LogP contribution in [0.2, 0.25) is 0 Å². The number of hydrazone groups is 1. The Morgan fingerprint density at radius 1 is 1.19 bits per heavy atom. The molecule has 1 aromatic rings. The van der Waals surface area contributed by atoms with E-state index in [2.05, 4.69) is 27.4 Å². The summed E-state index contributed by atoms with van der Waals surface area (Å²) in [5.74, 6) is 0. The molecule has 0 bridgehead atoms. The van der Waals surface area contributed by atoms with Gasteiger partial charge in [-0.3, -0.25) is 5.43 Å². The average Bonchev–Trinajstić information content (AvgIpc) is 2.62. The summed E-state index contributed by atoms with van der Waals surface area (Å²) in [4.78, 5) is 4.49. The Hall–Kier alpha value is -2.62. The molecule has 0 radical (unpaired) electrons. The molecular formula is C17H22N6O2S. The summed E-state index contributed by atoms with van der Waals surface area (Å²) in [6.07, 6.45) is 0. The number of rotatable bonds is 5. The predicted molar refractivity (Wildman–Crippen MR) is 101 cm³/mol. The molecule has 1 heterocycles. The van der Waals surface area contributed by atoms with Crippen LogP contribution in [0.3, 0.4) is 0 Å². The molecule has 1 aliphatic heterocycles. The van der Waals surface area contributed by atoms with E-state index in [1.54, 1.807) is 44.2 Å². The Labute approximate surface area is 154 Å². The van der Waals surface area contributed by atoms with E-state index in [0.29, 0.717) is 0 Å². The lowest BCUT2D eigenvalue weighted by Gasteiger charge is -2.34. The summed E-state index contributed by atoms with van der Waals surface area (Å²) in [6, 6.07) is 8.34. The van der Waals surface area contributed by atoms with Crippen molar-refractivity contribution >= 4 is 26.9 Å². The minimum absolute atomic E-state index is 0.101. The third kappa shape index (κ3) is 4.31. The molecule has 0 unspecified atom stereocenters. The normalized spacial score (nSPS) is 15.2. The van der Waals surface area contributed by atoms with E-state index in [0.717, 1.165) is 31.9 Å². The van der Waals surface area contributed by atoms with Crippen LogP contribution in [-0.2, 0) is 9.84 Å². The summed E-state index contributed by atoms with van der Waals surface area (Å²) in [6.45, 7) is 6.70. The van der Waals surface area contributed by atoms with Crippen molar-refractivity contribution in [3.05, 3.63) is 18.2 Å². The van der Waals surface area contributed by atoms with Crippen LogP contribution in [-0.4, -0.2) is 57.5 Å². The van der Waals surface area contributed by atoms with Crippen molar-refractivity contribution in [1.82, 2.24) is 4.90 Å². The molecule has 0 amide bonds. The van der Waals surface area contributed by atoms with Crippen LogP contribution in [0.1, 0.15) is 13.8 Å². The van der Waals surface area contributed by atoms with Gasteiger partial charge in [0.2, 0.25) is 5.71 Å². The van der Waals surface area contributed by atoms with Crippen LogP contribution in [0.4, 0.5) is 11.4 Å². The maximum absolute atomic E-state index is 12.6. The molecule has 0 aliphatic carbocycles. The van der Waals surface area contributed by atoms with Gasteiger partial charge in [-0.1, -0.05) is 0 Å². The molecule has 1 aliphatic rings. The third-order valence-electron chi connectivity index (χ3n) is 4.26. The third-order valence-corrected chi connectivity index (χ3v) is 6.47. The molecule has 1 saturated heterocycles. The van der Waals surface area contributed by atoms with Crippen molar-refractivity contribution in [2.45, 2.75) is 24.0 Å². The average molecular weight is 374 g/mol. The highest BCUT2D eigenvalue weighted by Gasteiger charge is 2.24. The number of nitriles is 2. The Kier molecular flexibility index (Phi) is 6.19. The summed E-state index contributed by atoms with van der Waals surface area (Å²) >= 11 is 0. The first kappa shape index (κ1) is 19.7. The Morgan fingerprint density at radius 2 is 1.81 bits per heavy atom. The first-order chi connectivity index (χ1) is 12.3. The Balaban J connectivity index is 2.45. The molecule has 1 fully saturated rings. The number of benzene rings is 1. The zero-order chi connectivity index (χ0) is 19.3. The topological polar surface area (TPSA) is 113 Å². The highest BCUT2D eigenvalue weighted by atomic mass is 32.2. The van der Waals surface area contributed by atoms with Crippen molar-refractivity contribution < 1.29 is 8.42 Å². The van der Waals surface area contributed by atoms with Gasteiger partial charge in [-0.05, 0) is 39.1 Å². The fraction of sp³-hybridized carbons (Fsp3) is 0.471. The molecule has 0 atom stereocenters. The van der Waals surface area contributed by atoms with Gasteiger partial charge in [0.05, 0.1) is 15.8 Å². The lowest BCUT2D eigenvalue weighted by molar-refractivity contribution is 0.313. The van der Waals surface area contributed by atoms with Gasteiger partial charge >= 0.3 is 0 Å². The molecule has 0 saturated carbocycles. The molecule has 1 N–H and O–H groups in total. The van der Waals surface area contributed by atoms with Crippen molar-refractivity contribution in [2.24, 2.45) is 5.10 Å². The van der Waals surface area contributed by atoms with Crippen LogP contribution < -0.4 is 10.3 Å². The van der Waals surface area contributed by atoms with Crippen molar-refractivity contribution in [3.8, 4) is 12.1 Å². The van der Waals surface area contributed by atoms with Crippen molar-refractivity contribution in [1.29, 1.82) is 10.5 Å². The number of nitrogens with zero attached hydrogens (tertiary/aromatic N) is 5. The SMILES string of the molecule is CC(C)S(=O)(=O)c1ccc(N2CCN(C)CC2)cc1NN=C(C#N)C#N. The minimum atomic E-state index is -3.55. The molecule has 1 aromatic carbocycles. The monoisotopic (exact) mass is 374 g/mol. The fourth-order valence-electron chi connectivity index (χ4n) is 2.56. The van der Waals surface area contributed by atoms with Crippen LogP contribution in [0.15, 0.2) is 28.2 Å². The summed E-state index contributed by atoms with van der Waals surface area (Å²) in [5, 5.41) is 20.8. The number of piperazine rings is 1.